The molecule has 0 aliphatic carbocycles. The molecule has 0 bridgehead atoms. The van der Waals surface area contributed by atoms with Crippen LogP contribution in [0.5, 0.6) is 5.75 Å². The zero-order chi connectivity index (χ0) is 24.3. The van der Waals surface area contributed by atoms with Crippen molar-refractivity contribution in [2.45, 2.75) is 25.6 Å². The minimum Gasteiger partial charge on any atom is -0.484 e. The highest BCUT2D eigenvalue weighted by molar-refractivity contribution is 5.88. The standard InChI is InChI=1S/C29H28N2O4/c32-28(22-35-25-15-8-3-9-16-25)31(21-24-13-6-2-7-14-24)27(19-23-11-4-1-5-12-23)29(33)30-20-26-17-10-18-34-26/h1-18,27H,19-22H2,(H,30,33)/t27-/m0/s1. The topological polar surface area (TPSA) is 71.8 Å². The smallest absolute Gasteiger partial charge is 0.261 e. The van der Waals surface area contributed by atoms with Crippen LogP contribution in [0.4, 0.5) is 0 Å². The van der Waals surface area contributed by atoms with E-state index in [2.05, 4.69) is 5.32 Å². The lowest BCUT2D eigenvalue weighted by Crippen LogP contribution is -2.51. The summed E-state index contributed by atoms with van der Waals surface area (Å²) in [5.41, 5.74) is 1.89. The fraction of sp³-hybridized carbons (Fsp3) is 0.172. The Kier molecular flexibility index (Phi) is 8.32. The molecule has 0 saturated carbocycles. The number of carbonyl (C=O) groups excluding carboxylic acids is 2. The number of furan rings is 1. The summed E-state index contributed by atoms with van der Waals surface area (Å²) < 4.78 is 11.1. The summed E-state index contributed by atoms with van der Waals surface area (Å²) in [5, 5.41) is 2.93. The first-order valence-corrected chi connectivity index (χ1v) is 11.5. The molecule has 6 heteroatoms. The van der Waals surface area contributed by atoms with Gasteiger partial charge in [0.15, 0.2) is 6.61 Å². The number of para-hydroxylation sites is 1. The second-order valence-electron chi connectivity index (χ2n) is 8.11. The molecule has 0 radical (unpaired) electrons. The Labute approximate surface area is 205 Å². The molecule has 4 aromatic rings. The molecule has 4 rings (SSSR count). The fourth-order valence-corrected chi connectivity index (χ4v) is 3.78. The highest BCUT2D eigenvalue weighted by atomic mass is 16.5. The molecule has 2 amide bonds. The minimum atomic E-state index is -0.737. The molecule has 178 valence electrons. The van der Waals surface area contributed by atoms with E-state index >= 15 is 0 Å². The molecular formula is C29H28N2O4. The number of benzene rings is 3. The maximum Gasteiger partial charge on any atom is 0.261 e. The average molecular weight is 469 g/mol. The van der Waals surface area contributed by atoms with Gasteiger partial charge in [-0.3, -0.25) is 9.59 Å². The van der Waals surface area contributed by atoms with Gasteiger partial charge in [0.2, 0.25) is 5.91 Å². The predicted molar refractivity (Wildman–Crippen MR) is 133 cm³/mol. The Hall–Kier alpha value is -4.32. The lowest BCUT2D eigenvalue weighted by Gasteiger charge is -2.31. The molecule has 1 N–H and O–H groups in total. The highest BCUT2D eigenvalue weighted by Gasteiger charge is 2.30. The van der Waals surface area contributed by atoms with E-state index in [4.69, 9.17) is 9.15 Å². The van der Waals surface area contributed by atoms with E-state index < -0.39 is 6.04 Å². The van der Waals surface area contributed by atoms with Gasteiger partial charge >= 0.3 is 0 Å². The Bertz CT molecular complexity index is 1180. The minimum absolute atomic E-state index is 0.173. The van der Waals surface area contributed by atoms with Gasteiger partial charge in [0.1, 0.15) is 17.6 Å². The van der Waals surface area contributed by atoms with Crippen molar-refractivity contribution in [1.29, 1.82) is 0 Å². The van der Waals surface area contributed by atoms with Crippen LogP contribution in [0.1, 0.15) is 16.9 Å². The number of carbonyl (C=O) groups is 2. The maximum atomic E-state index is 13.5. The van der Waals surface area contributed by atoms with Crippen LogP contribution in [0.25, 0.3) is 0 Å². The summed E-state index contributed by atoms with van der Waals surface area (Å²) in [4.78, 5) is 28.6. The average Bonchev–Trinajstić information content (AvgIpc) is 3.43. The van der Waals surface area contributed by atoms with Crippen LogP contribution in [0.15, 0.2) is 114 Å². The largest absolute Gasteiger partial charge is 0.484 e. The van der Waals surface area contributed by atoms with Gasteiger partial charge in [-0.05, 0) is 35.4 Å². The molecule has 6 nitrogen and oxygen atoms in total. The third-order valence-electron chi connectivity index (χ3n) is 5.59. The Morgan fingerprint density at radius 3 is 2.06 bits per heavy atom. The maximum absolute atomic E-state index is 13.5. The molecule has 0 spiro atoms. The van der Waals surface area contributed by atoms with E-state index in [-0.39, 0.29) is 31.5 Å². The lowest BCUT2D eigenvalue weighted by molar-refractivity contribution is -0.142. The van der Waals surface area contributed by atoms with E-state index in [0.717, 1.165) is 11.1 Å². The van der Waals surface area contributed by atoms with Crippen molar-refractivity contribution < 1.29 is 18.7 Å². The first-order chi connectivity index (χ1) is 17.2. The summed E-state index contributed by atoms with van der Waals surface area (Å²) in [6.45, 7) is 0.349. The van der Waals surface area contributed by atoms with Gasteiger partial charge in [0, 0.05) is 13.0 Å². The SMILES string of the molecule is O=C(NCc1ccco1)[C@H](Cc1ccccc1)N(Cc1ccccc1)C(=O)COc1ccccc1. The Morgan fingerprint density at radius 1 is 0.800 bits per heavy atom. The van der Waals surface area contributed by atoms with Crippen molar-refractivity contribution in [1.82, 2.24) is 10.2 Å². The van der Waals surface area contributed by atoms with E-state index in [9.17, 15) is 9.59 Å². The van der Waals surface area contributed by atoms with Gasteiger partial charge in [-0.25, -0.2) is 0 Å². The van der Waals surface area contributed by atoms with Crippen molar-refractivity contribution in [3.63, 3.8) is 0 Å². The van der Waals surface area contributed by atoms with Gasteiger partial charge in [-0.2, -0.15) is 0 Å². The van der Waals surface area contributed by atoms with Crippen LogP contribution in [0.3, 0.4) is 0 Å². The van der Waals surface area contributed by atoms with Crippen molar-refractivity contribution in [3.8, 4) is 5.75 Å². The molecule has 35 heavy (non-hydrogen) atoms. The predicted octanol–water partition coefficient (Wildman–Crippen LogP) is 4.61. The molecule has 0 fully saturated rings. The second kappa shape index (κ2) is 12.2. The van der Waals surface area contributed by atoms with Crippen LogP contribution in [-0.2, 0) is 29.1 Å². The molecule has 1 heterocycles. The molecule has 0 unspecified atom stereocenters. The highest BCUT2D eigenvalue weighted by Crippen LogP contribution is 2.16. The van der Waals surface area contributed by atoms with Gasteiger partial charge in [-0.15, -0.1) is 0 Å². The number of ether oxygens (including phenoxy) is 1. The Balaban J connectivity index is 1.58. The number of rotatable bonds is 11. The second-order valence-corrected chi connectivity index (χ2v) is 8.11. The van der Waals surface area contributed by atoms with E-state index in [1.807, 2.05) is 78.9 Å². The third kappa shape index (κ3) is 7.08. The zero-order valence-corrected chi connectivity index (χ0v) is 19.4. The number of nitrogens with zero attached hydrogens (tertiary/aromatic N) is 1. The van der Waals surface area contributed by atoms with Crippen LogP contribution >= 0.6 is 0 Å². The molecule has 1 aromatic heterocycles. The summed E-state index contributed by atoms with van der Waals surface area (Å²) in [5.74, 6) is 0.716. The molecule has 1 atom stereocenters. The number of amides is 2. The molecule has 3 aromatic carbocycles. The first kappa shape index (κ1) is 23.8. The van der Waals surface area contributed by atoms with Crippen LogP contribution < -0.4 is 10.1 Å². The van der Waals surface area contributed by atoms with E-state index in [1.165, 1.54) is 0 Å². The van der Waals surface area contributed by atoms with Crippen molar-refractivity contribution >= 4 is 11.8 Å². The lowest BCUT2D eigenvalue weighted by atomic mass is 10.0. The molecular weight excluding hydrogens is 440 g/mol. The van der Waals surface area contributed by atoms with Gasteiger partial charge in [-0.1, -0.05) is 78.9 Å². The fourth-order valence-electron chi connectivity index (χ4n) is 3.78. The van der Waals surface area contributed by atoms with E-state index in [1.54, 1.807) is 35.4 Å². The quantitative estimate of drug-likeness (QED) is 0.349. The monoisotopic (exact) mass is 468 g/mol. The first-order valence-electron chi connectivity index (χ1n) is 11.5. The molecule has 0 aliphatic heterocycles. The van der Waals surface area contributed by atoms with Crippen molar-refractivity contribution in [2.75, 3.05) is 6.61 Å². The van der Waals surface area contributed by atoms with Crippen LogP contribution in [-0.4, -0.2) is 29.4 Å². The van der Waals surface area contributed by atoms with Crippen molar-refractivity contribution in [3.05, 3.63) is 126 Å². The number of nitrogens with one attached hydrogen (secondary N) is 1. The summed E-state index contributed by atoms with van der Waals surface area (Å²) in [6, 6.07) is 31.4. The van der Waals surface area contributed by atoms with E-state index in [0.29, 0.717) is 17.9 Å². The van der Waals surface area contributed by atoms with Gasteiger partial charge in [0.25, 0.3) is 5.91 Å². The molecule has 0 saturated heterocycles. The third-order valence-corrected chi connectivity index (χ3v) is 5.59. The zero-order valence-electron chi connectivity index (χ0n) is 19.4. The summed E-state index contributed by atoms with van der Waals surface area (Å²) in [6.07, 6.45) is 1.93. The van der Waals surface area contributed by atoms with Crippen molar-refractivity contribution in [2.24, 2.45) is 0 Å². The van der Waals surface area contributed by atoms with Gasteiger partial charge < -0.3 is 19.4 Å². The number of hydrogen-bond acceptors (Lipinski definition) is 4. The van der Waals surface area contributed by atoms with Gasteiger partial charge in [0.05, 0.1) is 12.8 Å². The summed E-state index contributed by atoms with van der Waals surface area (Å²) >= 11 is 0. The normalized spacial score (nSPS) is 11.4. The number of hydrogen-bond donors (Lipinski definition) is 1. The van der Waals surface area contributed by atoms with Crippen LogP contribution in [0.2, 0.25) is 0 Å². The summed E-state index contributed by atoms with van der Waals surface area (Å²) in [7, 11) is 0. The molecule has 0 aliphatic rings. The Morgan fingerprint density at radius 2 is 1.43 bits per heavy atom. The van der Waals surface area contributed by atoms with Crippen LogP contribution in [0, 0.1) is 0 Å².